The standard InChI is InChI=1S/C24H31N7O4/c1-27-22-21(23(34)28(2)24(27)35)31(17-26-22)12-6-9-19(32)25-11-10-20(33)30-15-13-29(14-16-30)18-7-4-3-5-8-18/h3-5,7-8,17H,6,9-16H2,1-2H3,(H,25,32). The number of benzene rings is 1. The lowest BCUT2D eigenvalue weighted by Gasteiger charge is -2.36. The second kappa shape index (κ2) is 10.6. The van der Waals surface area contributed by atoms with Crippen molar-refractivity contribution in [3.05, 3.63) is 57.5 Å². The Morgan fingerprint density at radius 2 is 1.69 bits per heavy atom. The summed E-state index contributed by atoms with van der Waals surface area (Å²) in [5.74, 6) is -0.0965. The van der Waals surface area contributed by atoms with Crippen LogP contribution in [-0.2, 0) is 30.2 Å². The van der Waals surface area contributed by atoms with Crippen LogP contribution in [0.4, 0.5) is 5.69 Å². The molecule has 11 heteroatoms. The molecule has 11 nitrogen and oxygen atoms in total. The number of anilines is 1. The summed E-state index contributed by atoms with van der Waals surface area (Å²) in [6.07, 6.45) is 2.54. The van der Waals surface area contributed by atoms with Crippen LogP contribution in [0.15, 0.2) is 46.2 Å². The number of nitrogens with one attached hydrogen (secondary N) is 1. The molecule has 186 valence electrons. The lowest BCUT2D eigenvalue weighted by Crippen LogP contribution is -2.49. The molecule has 3 heterocycles. The summed E-state index contributed by atoms with van der Waals surface area (Å²) in [7, 11) is 3.00. The first-order valence-corrected chi connectivity index (χ1v) is 11.8. The van der Waals surface area contributed by atoms with E-state index in [1.807, 2.05) is 23.1 Å². The van der Waals surface area contributed by atoms with Crippen LogP contribution in [0.3, 0.4) is 0 Å². The van der Waals surface area contributed by atoms with E-state index in [2.05, 4.69) is 27.3 Å². The van der Waals surface area contributed by atoms with Gasteiger partial charge in [0.05, 0.1) is 6.33 Å². The normalized spacial score (nSPS) is 13.9. The van der Waals surface area contributed by atoms with Crippen molar-refractivity contribution < 1.29 is 9.59 Å². The Labute approximate surface area is 202 Å². The number of para-hydroxylation sites is 1. The molecule has 0 unspecified atom stereocenters. The average Bonchev–Trinajstić information content (AvgIpc) is 3.31. The largest absolute Gasteiger partial charge is 0.368 e. The van der Waals surface area contributed by atoms with Crippen molar-refractivity contribution in [1.29, 1.82) is 0 Å². The molecule has 1 aliphatic heterocycles. The molecule has 2 amide bonds. The Kier molecular flexibility index (Phi) is 7.33. The highest BCUT2D eigenvalue weighted by molar-refractivity contribution is 5.79. The van der Waals surface area contributed by atoms with Gasteiger partial charge in [0.25, 0.3) is 5.56 Å². The van der Waals surface area contributed by atoms with E-state index in [0.29, 0.717) is 43.8 Å². The molecule has 1 N–H and O–H groups in total. The Morgan fingerprint density at radius 1 is 0.971 bits per heavy atom. The minimum atomic E-state index is -0.431. The first kappa shape index (κ1) is 24.2. The van der Waals surface area contributed by atoms with E-state index in [4.69, 9.17) is 0 Å². The quantitative estimate of drug-likeness (QED) is 0.487. The van der Waals surface area contributed by atoms with Crippen molar-refractivity contribution in [2.75, 3.05) is 37.6 Å². The van der Waals surface area contributed by atoms with Crippen molar-refractivity contribution >= 4 is 28.7 Å². The Balaban J connectivity index is 1.18. The zero-order valence-corrected chi connectivity index (χ0v) is 20.1. The Hall–Kier alpha value is -3.89. The van der Waals surface area contributed by atoms with Crippen LogP contribution < -0.4 is 21.5 Å². The maximum absolute atomic E-state index is 12.5. The van der Waals surface area contributed by atoms with Gasteiger partial charge in [-0.3, -0.25) is 23.5 Å². The highest BCUT2D eigenvalue weighted by atomic mass is 16.2. The summed E-state index contributed by atoms with van der Waals surface area (Å²) in [6.45, 7) is 3.65. The number of rotatable bonds is 8. The van der Waals surface area contributed by atoms with Crippen LogP contribution in [0.25, 0.3) is 11.2 Å². The second-order valence-electron chi connectivity index (χ2n) is 8.72. The molecular formula is C24H31N7O4. The van der Waals surface area contributed by atoms with Gasteiger partial charge in [-0.25, -0.2) is 9.78 Å². The maximum atomic E-state index is 12.5. The summed E-state index contributed by atoms with van der Waals surface area (Å²) >= 11 is 0. The fourth-order valence-corrected chi connectivity index (χ4v) is 4.38. The average molecular weight is 482 g/mol. The SMILES string of the molecule is Cn1c(=O)c2c(ncn2CCCC(=O)NCCC(=O)N2CCN(c3ccccc3)CC2)n(C)c1=O. The van der Waals surface area contributed by atoms with Crippen molar-refractivity contribution in [2.24, 2.45) is 14.1 Å². The third-order valence-corrected chi connectivity index (χ3v) is 6.43. The number of hydrogen-bond acceptors (Lipinski definition) is 6. The summed E-state index contributed by atoms with van der Waals surface area (Å²) in [6, 6.07) is 10.2. The van der Waals surface area contributed by atoms with E-state index in [1.54, 1.807) is 11.6 Å². The number of carbonyl (C=O) groups excluding carboxylic acids is 2. The summed E-state index contributed by atoms with van der Waals surface area (Å²) in [5.41, 5.74) is 0.992. The van der Waals surface area contributed by atoms with Crippen molar-refractivity contribution in [2.45, 2.75) is 25.8 Å². The van der Waals surface area contributed by atoms with Crippen molar-refractivity contribution in [1.82, 2.24) is 28.9 Å². The first-order valence-electron chi connectivity index (χ1n) is 11.8. The maximum Gasteiger partial charge on any atom is 0.332 e. The minimum Gasteiger partial charge on any atom is -0.368 e. The van der Waals surface area contributed by atoms with E-state index in [0.717, 1.165) is 17.7 Å². The molecule has 0 atom stereocenters. The topological polar surface area (TPSA) is 114 Å². The lowest BCUT2D eigenvalue weighted by atomic mass is 10.2. The third-order valence-electron chi connectivity index (χ3n) is 6.43. The minimum absolute atomic E-state index is 0.0457. The van der Waals surface area contributed by atoms with Crippen LogP contribution >= 0.6 is 0 Å². The smallest absolute Gasteiger partial charge is 0.332 e. The van der Waals surface area contributed by atoms with E-state index >= 15 is 0 Å². The second-order valence-corrected chi connectivity index (χ2v) is 8.72. The molecule has 35 heavy (non-hydrogen) atoms. The summed E-state index contributed by atoms with van der Waals surface area (Å²) in [4.78, 5) is 57.6. The fourth-order valence-electron chi connectivity index (χ4n) is 4.38. The number of hydrogen-bond donors (Lipinski definition) is 1. The number of aryl methyl sites for hydroxylation is 2. The van der Waals surface area contributed by atoms with Gasteiger partial charge in [-0.1, -0.05) is 18.2 Å². The predicted molar refractivity (Wildman–Crippen MR) is 132 cm³/mol. The van der Waals surface area contributed by atoms with E-state index in [9.17, 15) is 19.2 Å². The molecule has 1 saturated heterocycles. The van der Waals surface area contributed by atoms with Crippen LogP contribution in [0.1, 0.15) is 19.3 Å². The van der Waals surface area contributed by atoms with Crippen LogP contribution in [0.5, 0.6) is 0 Å². The highest BCUT2D eigenvalue weighted by Gasteiger charge is 2.21. The molecule has 4 rings (SSSR count). The van der Waals surface area contributed by atoms with Crippen LogP contribution in [0.2, 0.25) is 0 Å². The molecule has 0 spiro atoms. The fraction of sp³-hybridized carbons (Fsp3) is 0.458. The number of piperazine rings is 1. The van der Waals surface area contributed by atoms with Crippen LogP contribution in [0, 0.1) is 0 Å². The molecule has 1 fully saturated rings. The molecular weight excluding hydrogens is 450 g/mol. The molecule has 1 aromatic carbocycles. The number of aromatic nitrogens is 4. The molecule has 3 aromatic rings. The number of amides is 2. The monoisotopic (exact) mass is 481 g/mol. The predicted octanol–water partition coefficient (Wildman–Crippen LogP) is 0.0690. The Bertz CT molecular complexity index is 1320. The highest BCUT2D eigenvalue weighted by Crippen LogP contribution is 2.15. The number of carbonyl (C=O) groups is 2. The van der Waals surface area contributed by atoms with E-state index in [-0.39, 0.29) is 24.7 Å². The van der Waals surface area contributed by atoms with Gasteiger partial charge in [-0.2, -0.15) is 0 Å². The van der Waals surface area contributed by atoms with Gasteiger partial charge >= 0.3 is 5.69 Å². The molecule has 0 aliphatic carbocycles. The first-order chi connectivity index (χ1) is 16.9. The van der Waals surface area contributed by atoms with Gasteiger partial charge in [-0.15, -0.1) is 0 Å². The van der Waals surface area contributed by atoms with Gasteiger partial charge in [0.2, 0.25) is 11.8 Å². The van der Waals surface area contributed by atoms with Crippen LogP contribution in [-0.4, -0.2) is 68.1 Å². The number of imidazole rings is 1. The summed E-state index contributed by atoms with van der Waals surface area (Å²) in [5, 5.41) is 2.81. The zero-order chi connectivity index (χ0) is 24.9. The number of nitrogens with zero attached hydrogens (tertiary/aromatic N) is 6. The lowest BCUT2D eigenvalue weighted by molar-refractivity contribution is -0.131. The Morgan fingerprint density at radius 3 is 2.40 bits per heavy atom. The van der Waals surface area contributed by atoms with Gasteiger partial charge in [0, 0.05) is 71.9 Å². The molecule has 0 radical (unpaired) electrons. The van der Waals surface area contributed by atoms with Gasteiger partial charge in [0.15, 0.2) is 11.2 Å². The number of fused-ring (bicyclic) bond motifs is 1. The van der Waals surface area contributed by atoms with Gasteiger partial charge in [-0.05, 0) is 18.6 Å². The third kappa shape index (κ3) is 5.28. The molecule has 0 bridgehead atoms. The molecule has 1 aliphatic rings. The van der Waals surface area contributed by atoms with Crippen molar-refractivity contribution in [3.63, 3.8) is 0 Å². The van der Waals surface area contributed by atoms with Gasteiger partial charge < -0.3 is 19.7 Å². The molecule has 0 saturated carbocycles. The summed E-state index contributed by atoms with van der Waals surface area (Å²) < 4.78 is 4.05. The molecule has 2 aromatic heterocycles. The zero-order valence-electron chi connectivity index (χ0n) is 20.1. The van der Waals surface area contributed by atoms with Gasteiger partial charge in [0.1, 0.15) is 0 Å². The van der Waals surface area contributed by atoms with Crippen molar-refractivity contribution in [3.8, 4) is 0 Å². The van der Waals surface area contributed by atoms with E-state index < -0.39 is 11.2 Å². The van der Waals surface area contributed by atoms with E-state index in [1.165, 1.54) is 23.6 Å².